The van der Waals surface area contributed by atoms with Crippen molar-refractivity contribution in [2.24, 2.45) is 5.92 Å². The first-order valence-electron chi connectivity index (χ1n) is 7.92. The molecule has 0 radical (unpaired) electrons. The third-order valence-corrected chi connectivity index (χ3v) is 6.16. The number of rotatable bonds is 4. The van der Waals surface area contributed by atoms with Crippen LogP contribution in [0.2, 0.25) is 0 Å². The predicted octanol–water partition coefficient (Wildman–Crippen LogP) is 2.01. The van der Waals surface area contributed by atoms with Crippen molar-refractivity contribution in [2.45, 2.75) is 37.3 Å². The first kappa shape index (κ1) is 17.5. The summed E-state index contributed by atoms with van der Waals surface area (Å²) in [5, 5.41) is 0. The summed E-state index contributed by atoms with van der Waals surface area (Å²) in [7, 11) is -4.06. The molecule has 0 aromatic heterocycles. The zero-order valence-electron chi connectivity index (χ0n) is 13.9. The van der Waals surface area contributed by atoms with Gasteiger partial charge in [0.2, 0.25) is 0 Å². The smallest absolute Gasteiger partial charge is 0.424 e. The van der Waals surface area contributed by atoms with Gasteiger partial charge in [0.25, 0.3) is 10.0 Å². The van der Waals surface area contributed by atoms with E-state index in [-0.39, 0.29) is 11.5 Å². The van der Waals surface area contributed by atoms with Gasteiger partial charge in [-0.3, -0.25) is 4.79 Å². The summed E-state index contributed by atoms with van der Waals surface area (Å²) in [5.74, 6) is -0.882. The number of ether oxygens (including phenoxy) is 2. The lowest BCUT2D eigenvalue weighted by Gasteiger charge is -2.28. The molecular weight excluding hydrogens is 346 g/mol. The number of nitrogens with zero attached hydrogens (tertiary/aromatic N) is 1. The second-order valence-corrected chi connectivity index (χ2v) is 7.96. The van der Waals surface area contributed by atoms with Crippen LogP contribution in [0.1, 0.15) is 18.9 Å². The maximum absolute atomic E-state index is 12.9. The number of aryl methyl sites for hydroxylation is 1. The summed E-state index contributed by atoms with van der Waals surface area (Å²) in [6.45, 7) is 3.07. The number of amides is 1. The third-order valence-electron chi connectivity index (χ3n) is 4.35. The molecule has 2 aliphatic rings. The molecule has 1 aromatic rings. The van der Waals surface area contributed by atoms with E-state index in [9.17, 15) is 18.0 Å². The predicted molar refractivity (Wildman–Crippen MR) is 88.1 cm³/mol. The van der Waals surface area contributed by atoms with Crippen molar-refractivity contribution in [1.29, 1.82) is 0 Å². The second kappa shape index (κ2) is 6.51. The Balaban J connectivity index is 1.93. The van der Waals surface area contributed by atoms with Gasteiger partial charge in [-0.15, -0.1) is 0 Å². The molecule has 1 saturated heterocycles. The Labute approximate surface area is 146 Å². The molecular formula is C17H19NO6S. The van der Waals surface area contributed by atoms with E-state index in [0.29, 0.717) is 6.42 Å². The lowest BCUT2D eigenvalue weighted by atomic mass is 9.98. The molecule has 7 nitrogen and oxygen atoms in total. The van der Waals surface area contributed by atoms with Crippen LogP contribution in [-0.2, 0) is 24.3 Å². The minimum Gasteiger partial charge on any atom is -0.462 e. The van der Waals surface area contributed by atoms with E-state index < -0.39 is 40.1 Å². The van der Waals surface area contributed by atoms with Gasteiger partial charge in [-0.2, -0.15) is 4.31 Å². The first-order valence-corrected chi connectivity index (χ1v) is 9.36. The molecule has 3 rings (SSSR count). The molecule has 1 heterocycles. The fourth-order valence-corrected chi connectivity index (χ4v) is 4.67. The van der Waals surface area contributed by atoms with Crippen LogP contribution in [0.15, 0.2) is 41.3 Å². The van der Waals surface area contributed by atoms with Crippen molar-refractivity contribution < 1.29 is 27.5 Å². The molecule has 134 valence electrons. The van der Waals surface area contributed by atoms with Crippen LogP contribution in [0.25, 0.3) is 0 Å². The quantitative estimate of drug-likeness (QED) is 0.599. The number of hydrogen-bond acceptors (Lipinski definition) is 6. The van der Waals surface area contributed by atoms with Crippen LogP contribution in [-0.4, -0.2) is 43.5 Å². The highest BCUT2D eigenvalue weighted by molar-refractivity contribution is 7.89. The summed E-state index contributed by atoms with van der Waals surface area (Å²) in [4.78, 5) is 23.4. The van der Waals surface area contributed by atoms with Gasteiger partial charge in [-0.05, 0) is 19.1 Å². The second-order valence-electron chi connectivity index (χ2n) is 6.15. The van der Waals surface area contributed by atoms with E-state index in [2.05, 4.69) is 0 Å². The maximum atomic E-state index is 12.9. The number of cyclic esters (lactones) is 1. The van der Waals surface area contributed by atoms with E-state index in [1.807, 2.05) is 13.0 Å². The molecule has 0 unspecified atom stereocenters. The zero-order chi connectivity index (χ0) is 18.2. The van der Waals surface area contributed by atoms with Gasteiger partial charge in [-0.25, -0.2) is 13.2 Å². The highest BCUT2D eigenvalue weighted by atomic mass is 32.2. The molecule has 1 fully saturated rings. The SMILES string of the molecule is CC(=O)O[C@@H]1CC=C[C@@H]1[C@@H]1COC(=O)N1S(=O)(=O)c1ccc(C)cc1. The zero-order valence-corrected chi connectivity index (χ0v) is 14.7. The maximum Gasteiger partial charge on any atom is 0.424 e. The van der Waals surface area contributed by atoms with Crippen LogP contribution in [0.4, 0.5) is 4.79 Å². The molecule has 1 aromatic carbocycles. The molecule has 0 bridgehead atoms. The average molecular weight is 365 g/mol. The summed E-state index contributed by atoms with van der Waals surface area (Å²) < 4.78 is 36.9. The molecule has 3 atom stereocenters. The fraction of sp³-hybridized carbons (Fsp3) is 0.412. The van der Waals surface area contributed by atoms with Crippen LogP contribution < -0.4 is 0 Å². The fourth-order valence-electron chi connectivity index (χ4n) is 3.16. The number of carbonyl (C=O) groups is 2. The van der Waals surface area contributed by atoms with Gasteiger partial charge < -0.3 is 9.47 Å². The minimum atomic E-state index is -4.06. The van der Waals surface area contributed by atoms with E-state index in [4.69, 9.17) is 9.47 Å². The summed E-state index contributed by atoms with van der Waals surface area (Å²) >= 11 is 0. The largest absolute Gasteiger partial charge is 0.462 e. The topological polar surface area (TPSA) is 90.0 Å². The Morgan fingerprint density at radius 3 is 2.60 bits per heavy atom. The molecule has 0 saturated carbocycles. The molecule has 1 amide bonds. The summed E-state index contributed by atoms with van der Waals surface area (Å²) in [5.41, 5.74) is 0.910. The Bertz CT molecular complexity index is 814. The Morgan fingerprint density at radius 2 is 1.96 bits per heavy atom. The third kappa shape index (κ3) is 3.26. The van der Waals surface area contributed by atoms with Gasteiger partial charge in [0.15, 0.2) is 0 Å². The van der Waals surface area contributed by atoms with Crippen molar-refractivity contribution >= 4 is 22.1 Å². The van der Waals surface area contributed by atoms with E-state index >= 15 is 0 Å². The van der Waals surface area contributed by atoms with Crippen LogP contribution in [0, 0.1) is 12.8 Å². The normalized spacial score (nSPS) is 25.9. The number of benzene rings is 1. The number of carbonyl (C=O) groups excluding carboxylic acids is 2. The van der Waals surface area contributed by atoms with Gasteiger partial charge in [-0.1, -0.05) is 29.8 Å². The van der Waals surface area contributed by atoms with Crippen LogP contribution in [0.3, 0.4) is 0 Å². The Hall–Kier alpha value is -2.35. The molecule has 1 aliphatic carbocycles. The van der Waals surface area contributed by atoms with Crippen molar-refractivity contribution in [1.82, 2.24) is 4.31 Å². The van der Waals surface area contributed by atoms with Gasteiger partial charge in [0.1, 0.15) is 12.7 Å². The van der Waals surface area contributed by atoms with Crippen LogP contribution in [0.5, 0.6) is 0 Å². The first-order chi connectivity index (χ1) is 11.8. The molecule has 1 aliphatic heterocycles. The van der Waals surface area contributed by atoms with Crippen molar-refractivity contribution in [3.8, 4) is 0 Å². The molecule has 0 N–H and O–H groups in total. The molecule has 0 spiro atoms. The van der Waals surface area contributed by atoms with Gasteiger partial charge >= 0.3 is 12.1 Å². The van der Waals surface area contributed by atoms with Gasteiger partial charge in [0, 0.05) is 19.3 Å². The Morgan fingerprint density at radius 1 is 1.28 bits per heavy atom. The minimum absolute atomic E-state index is 0.0213. The van der Waals surface area contributed by atoms with Gasteiger partial charge in [0.05, 0.1) is 10.9 Å². The number of sulfonamides is 1. The summed E-state index contributed by atoms with van der Waals surface area (Å²) in [6, 6.07) is 5.51. The van der Waals surface area contributed by atoms with E-state index in [1.165, 1.54) is 19.1 Å². The standard InChI is InChI=1S/C17H19NO6S/c1-11-6-8-13(9-7-11)25(21,22)18-15(10-23-17(18)20)14-4-3-5-16(14)24-12(2)19/h3-4,6-9,14-16H,5,10H2,1-2H3/t14-,15+,16-/m1/s1. The monoisotopic (exact) mass is 365 g/mol. The lowest BCUT2D eigenvalue weighted by molar-refractivity contribution is -0.148. The average Bonchev–Trinajstić information content (AvgIpc) is 3.13. The summed E-state index contributed by atoms with van der Waals surface area (Å²) in [6.07, 6.45) is 2.66. The highest BCUT2D eigenvalue weighted by Gasteiger charge is 2.48. The lowest BCUT2D eigenvalue weighted by Crippen LogP contribution is -2.45. The Kier molecular flexibility index (Phi) is 4.55. The molecule has 25 heavy (non-hydrogen) atoms. The van der Waals surface area contributed by atoms with E-state index in [0.717, 1.165) is 9.87 Å². The van der Waals surface area contributed by atoms with Crippen LogP contribution >= 0.6 is 0 Å². The number of hydrogen-bond donors (Lipinski definition) is 0. The van der Waals surface area contributed by atoms with Crippen molar-refractivity contribution in [3.05, 3.63) is 42.0 Å². The highest BCUT2D eigenvalue weighted by Crippen LogP contribution is 2.34. The number of esters is 1. The van der Waals surface area contributed by atoms with Crippen molar-refractivity contribution in [3.63, 3.8) is 0 Å². The van der Waals surface area contributed by atoms with Crippen molar-refractivity contribution in [2.75, 3.05) is 6.61 Å². The van der Waals surface area contributed by atoms with E-state index in [1.54, 1.807) is 18.2 Å². The molecule has 8 heteroatoms.